The molecule has 3 rings (SSSR count). The summed E-state index contributed by atoms with van der Waals surface area (Å²) in [5.41, 5.74) is 0. The van der Waals surface area contributed by atoms with Gasteiger partial charge in [0.25, 0.3) is 0 Å². The second kappa shape index (κ2) is 9.74. The van der Waals surface area contributed by atoms with Gasteiger partial charge in [0.15, 0.2) is 0 Å². The molecule has 0 aromatic carbocycles. The molecule has 162 valence electrons. The van der Waals surface area contributed by atoms with Crippen LogP contribution in [0.4, 0.5) is 0 Å². The number of carbonyl (C=O) groups is 3. The van der Waals surface area contributed by atoms with E-state index in [0.717, 1.165) is 51.9 Å². The first-order valence-corrected chi connectivity index (χ1v) is 11.1. The number of piperidine rings is 2. The van der Waals surface area contributed by atoms with Crippen LogP contribution in [0.25, 0.3) is 0 Å². The Labute approximate surface area is 174 Å². The Kier molecular flexibility index (Phi) is 7.33. The summed E-state index contributed by atoms with van der Waals surface area (Å²) < 4.78 is 0. The lowest BCUT2D eigenvalue weighted by atomic mass is 9.92. The fourth-order valence-corrected chi connectivity index (χ4v) is 4.91. The highest BCUT2D eigenvalue weighted by atomic mass is 16.2. The highest BCUT2D eigenvalue weighted by Crippen LogP contribution is 2.26. The molecule has 0 aromatic heterocycles. The van der Waals surface area contributed by atoms with Crippen LogP contribution in [0, 0.1) is 11.8 Å². The summed E-state index contributed by atoms with van der Waals surface area (Å²) >= 11 is 0. The van der Waals surface area contributed by atoms with Crippen molar-refractivity contribution in [2.24, 2.45) is 11.8 Å². The normalized spacial score (nSPS) is 24.9. The first kappa shape index (κ1) is 21.8. The summed E-state index contributed by atoms with van der Waals surface area (Å²) in [7, 11) is 0. The Balaban J connectivity index is 1.42. The van der Waals surface area contributed by atoms with E-state index in [0.29, 0.717) is 25.6 Å². The maximum atomic E-state index is 12.8. The molecule has 0 radical (unpaired) electrons. The van der Waals surface area contributed by atoms with Crippen molar-refractivity contribution in [3.8, 4) is 0 Å². The number of amides is 3. The fourth-order valence-electron chi connectivity index (χ4n) is 4.91. The van der Waals surface area contributed by atoms with Crippen LogP contribution in [0.3, 0.4) is 0 Å². The molecule has 7 heteroatoms. The van der Waals surface area contributed by atoms with Gasteiger partial charge in [0, 0.05) is 50.6 Å². The van der Waals surface area contributed by atoms with Crippen molar-refractivity contribution in [1.82, 2.24) is 20.0 Å². The van der Waals surface area contributed by atoms with Gasteiger partial charge in [-0.1, -0.05) is 6.08 Å². The number of carbonyl (C=O) groups excluding carboxylic acids is 3. The standard InChI is InChI=1S/C22H36N4O3/c1-4-9-26-15-18(14-20(26)27)22(29)25-12-7-19(8-13-25)24-10-5-17(6-11-24)21(28)23-16(2)3/h4,16-19H,1,5-15H2,2-3H3,(H,23,28). The Morgan fingerprint density at radius 1 is 1.10 bits per heavy atom. The van der Waals surface area contributed by atoms with Crippen molar-refractivity contribution in [3.63, 3.8) is 0 Å². The van der Waals surface area contributed by atoms with E-state index in [4.69, 9.17) is 0 Å². The quantitative estimate of drug-likeness (QED) is 0.677. The third-order valence-electron chi connectivity index (χ3n) is 6.54. The van der Waals surface area contributed by atoms with Crippen LogP contribution in [-0.4, -0.2) is 83.8 Å². The second-order valence-corrected chi connectivity index (χ2v) is 9.02. The fraction of sp³-hybridized carbons (Fsp3) is 0.773. The number of nitrogens with one attached hydrogen (secondary N) is 1. The molecular weight excluding hydrogens is 368 g/mol. The summed E-state index contributed by atoms with van der Waals surface area (Å²) in [5.74, 6) is 0.314. The molecule has 3 aliphatic heterocycles. The van der Waals surface area contributed by atoms with Gasteiger partial charge in [0.1, 0.15) is 0 Å². The molecule has 3 saturated heterocycles. The first-order valence-electron chi connectivity index (χ1n) is 11.1. The van der Waals surface area contributed by atoms with E-state index in [1.165, 1.54) is 0 Å². The summed E-state index contributed by atoms with van der Waals surface area (Å²) in [6.07, 6.45) is 5.84. The van der Waals surface area contributed by atoms with Crippen molar-refractivity contribution in [1.29, 1.82) is 0 Å². The Hall–Kier alpha value is -1.89. The molecule has 1 unspecified atom stereocenters. The van der Waals surface area contributed by atoms with E-state index in [2.05, 4.69) is 16.8 Å². The number of nitrogens with zero attached hydrogens (tertiary/aromatic N) is 3. The van der Waals surface area contributed by atoms with E-state index in [9.17, 15) is 14.4 Å². The zero-order valence-electron chi connectivity index (χ0n) is 17.9. The molecule has 0 aliphatic carbocycles. The molecule has 1 N–H and O–H groups in total. The molecule has 3 aliphatic rings. The minimum absolute atomic E-state index is 0.0579. The molecule has 1 atom stereocenters. The maximum Gasteiger partial charge on any atom is 0.227 e. The lowest BCUT2D eigenvalue weighted by molar-refractivity contribution is -0.137. The van der Waals surface area contributed by atoms with Gasteiger partial charge < -0.3 is 20.0 Å². The molecule has 0 saturated carbocycles. The van der Waals surface area contributed by atoms with E-state index < -0.39 is 0 Å². The average Bonchev–Trinajstić information content (AvgIpc) is 3.08. The van der Waals surface area contributed by atoms with Crippen molar-refractivity contribution in [3.05, 3.63) is 12.7 Å². The minimum Gasteiger partial charge on any atom is -0.354 e. The maximum absolute atomic E-state index is 12.8. The van der Waals surface area contributed by atoms with Crippen molar-refractivity contribution >= 4 is 17.7 Å². The SMILES string of the molecule is C=CCN1CC(C(=O)N2CCC(N3CCC(C(=O)NC(C)C)CC3)CC2)CC1=O. The molecule has 29 heavy (non-hydrogen) atoms. The lowest BCUT2D eigenvalue weighted by Gasteiger charge is -2.42. The highest BCUT2D eigenvalue weighted by molar-refractivity contribution is 5.89. The van der Waals surface area contributed by atoms with Crippen LogP contribution >= 0.6 is 0 Å². The zero-order chi connectivity index (χ0) is 21.0. The Bertz CT molecular complexity index is 620. The minimum atomic E-state index is -0.200. The zero-order valence-corrected chi connectivity index (χ0v) is 17.9. The van der Waals surface area contributed by atoms with E-state index in [-0.39, 0.29) is 35.6 Å². The third-order valence-corrected chi connectivity index (χ3v) is 6.54. The molecule has 0 aromatic rings. The smallest absolute Gasteiger partial charge is 0.227 e. The summed E-state index contributed by atoms with van der Waals surface area (Å²) in [4.78, 5) is 43.3. The van der Waals surface area contributed by atoms with Gasteiger partial charge in [-0.15, -0.1) is 6.58 Å². The predicted octanol–water partition coefficient (Wildman–Crippen LogP) is 1.25. The lowest BCUT2D eigenvalue weighted by Crippen LogP contribution is -2.51. The predicted molar refractivity (Wildman–Crippen MR) is 112 cm³/mol. The average molecular weight is 405 g/mol. The van der Waals surface area contributed by atoms with Crippen LogP contribution in [-0.2, 0) is 14.4 Å². The first-order chi connectivity index (χ1) is 13.9. The largest absolute Gasteiger partial charge is 0.354 e. The summed E-state index contributed by atoms with van der Waals surface area (Å²) in [6.45, 7) is 12.2. The van der Waals surface area contributed by atoms with Crippen LogP contribution in [0.15, 0.2) is 12.7 Å². The Morgan fingerprint density at radius 2 is 1.76 bits per heavy atom. The topological polar surface area (TPSA) is 73.0 Å². The number of hydrogen-bond donors (Lipinski definition) is 1. The van der Waals surface area contributed by atoms with Crippen LogP contribution in [0.1, 0.15) is 46.0 Å². The molecule has 0 spiro atoms. The molecule has 3 heterocycles. The number of rotatable bonds is 6. The Morgan fingerprint density at radius 3 is 2.34 bits per heavy atom. The molecular formula is C22H36N4O3. The molecule has 0 bridgehead atoms. The van der Waals surface area contributed by atoms with Crippen LogP contribution in [0.2, 0.25) is 0 Å². The molecule has 3 fully saturated rings. The van der Waals surface area contributed by atoms with Gasteiger partial charge in [-0.3, -0.25) is 14.4 Å². The van der Waals surface area contributed by atoms with Gasteiger partial charge in [-0.05, 0) is 52.6 Å². The van der Waals surface area contributed by atoms with Gasteiger partial charge in [-0.25, -0.2) is 0 Å². The van der Waals surface area contributed by atoms with Gasteiger partial charge in [0.05, 0.1) is 5.92 Å². The van der Waals surface area contributed by atoms with Crippen molar-refractivity contribution < 1.29 is 14.4 Å². The van der Waals surface area contributed by atoms with E-state index in [1.54, 1.807) is 11.0 Å². The monoisotopic (exact) mass is 404 g/mol. The summed E-state index contributed by atoms with van der Waals surface area (Å²) in [6, 6.07) is 0.692. The molecule has 3 amide bonds. The van der Waals surface area contributed by atoms with Gasteiger partial charge >= 0.3 is 0 Å². The van der Waals surface area contributed by atoms with Gasteiger partial charge in [-0.2, -0.15) is 0 Å². The van der Waals surface area contributed by atoms with Gasteiger partial charge in [0.2, 0.25) is 17.7 Å². The summed E-state index contributed by atoms with van der Waals surface area (Å²) in [5, 5.41) is 3.03. The molecule has 7 nitrogen and oxygen atoms in total. The van der Waals surface area contributed by atoms with E-state index >= 15 is 0 Å². The van der Waals surface area contributed by atoms with E-state index in [1.807, 2.05) is 18.7 Å². The number of hydrogen-bond acceptors (Lipinski definition) is 4. The van der Waals surface area contributed by atoms with Crippen molar-refractivity contribution in [2.45, 2.75) is 58.0 Å². The highest BCUT2D eigenvalue weighted by Gasteiger charge is 2.38. The van der Waals surface area contributed by atoms with Crippen LogP contribution < -0.4 is 5.32 Å². The van der Waals surface area contributed by atoms with Crippen molar-refractivity contribution in [2.75, 3.05) is 39.3 Å². The third kappa shape index (κ3) is 5.38. The van der Waals surface area contributed by atoms with Crippen LogP contribution in [0.5, 0.6) is 0 Å². The second-order valence-electron chi connectivity index (χ2n) is 9.02. The number of likely N-dealkylation sites (tertiary alicyclic amines) is 3.